The van der Waals surface area contributed by atoms with Gasteiger partial charge in [0.2, 0.25) is 5.89 Å². The summed E-state index contributed by atoms with van der Waals surface area (Å²) in [6.45, 7) is 1.75. The van der Waals surface area contributed by atoms with Crippen molar-refractivity contribution in [3.05, 3.63) is 55.7 Å². The Labute approximate surface area is 129 Å². The molecule has 2 rings (SSSR count). The summed E-state index contributed by atoms with van der Waals surface area (Å²) in [5, 5.41) is 13.2. The predicted molar refractivity (Wildman–Crippen MR) is 75.5 cm³/mol. The van der Waals surface area contributed by atoms with Crippen LogP contribution in [0.15, 0.2) is 22.7 Å². The first-order valence-electron chi connectivity index (χ1n) is 5.71. The Morgan fingerprint density at radius 2 is 2.19 bits per heavy atom. The minimum atomic E-state index is -0.656. The van der Waals surface area contributed by atoms with Crippen molar-refractivity contribution in [1.82, 2.24) is 10.3 Å². The monoisotopic (exact) mass is 329 g/mol. The Morgan fingerprint density at radius 3 is 2.76 bits per heavy atom. The molecule has 1 aromatic heterocycles. The molecule has 9 heteroatoms. The first kappa shape index (κ1) is 15.3. The number of halogens is 2. The number of hydrogen-bond donors (Lipinski definition) is 1. The van der Waals surface area contributed by atoms with E-state index in [1.165, 1.54) is 6.20 Å². The van der Waals surface area contributed by atoms with Gasteiger partial charge in [0, 0.05) is 12.1 Å². The van der Waals surface area contributed by atoms with Crippen molar-refractivity contribution >= 4 is 34.8 Å². The molecule has 0 radical (unpaired) electrons. The molecule has 0 saturated carbocycles. The van der Waals surface area contributed by atoms with Crippen molar-refractivity contribution in [3.63, 3.8) is 0 Å². The maximum absolute atomic E-state index is 12.0. The average Bonchev–Trinajstić information content (AvgIpc) is 2.84. The van der Waals surface area contributed by atoms with Crippen LogP contribution in [-0.2, 0) is 6.54 Å². The van der Waals surface area contributed by atoms with Crippen molar-refractivity contribution < 1.29 is 14.1 Å². The summed E-state index contributed by atoms with van der Waals surface area (Å²) in [5.74, 6) is 0.311. The molecule has 2 aromatic rings. The van der Waals surface area contributed by atoms with E-state index in [0.717, 1.165) is 12.1 Å². The maximum atomic E-state index is 12.0. The fraction of sp³-hybridized carbons (Fsp3) is 0.167. The second kappa shape index (κ2) is 6.11. The van der Waals surface area contributed by atoms with Gasteiger partial charge in [0.05, 0.1) is 33.3 Å². The highest BCUT2D eigenvalue weighted by molar-refractivity contribution is 6.44. The maximum Gasteiger partial charge on any atom is 0.271 e. The lowest BCUT2D eigenvalue weighted by molar-refractivity contribution is -0.384. The number of carbonyl (C=O) groups excluding carboxylic acids is 1. The number of aryl methyl sites for hydroxylation is 1. The molecule has 110 valence electrons. The Balaban J connectivity index is 2.20. The molecule has 1 N–H and O–H groups in total. The van der Waals surface area contributed by atoms with Crippen LogP contribution in [0.1, 0.15) is 22.0 Å². The second-order valence-corrected chi connectivity index (χ2v) is 4.88. The van der Waals surface area contributed by atoms with Gasteiger partial charge in [-0.2, -0.15) is 0 Å². The molecule has 0 aliphatic heterocycles. The van der Waals surface area contributed by atoms with E-state index in [1.807, 2.05) is 0 Å². The third kappa shape index (κ3) is 3.50. The van der Waals surface area contributed by atoms with Gasteiger partial charge in [-0.05, 0) is 6.92 Å². The minimum absolute atomic E-state index is 0.0311. The number of non-ortho nitro benzene ring substituents is 1. The standard InChI is InChI=1S/C12H9Cl2N3O4/c1-6-4-15-10(21-6)5-16-12(18)8-2-7(17(19)20)3-9(13)11(8)14/h2-4H,5H2,1H3,(H,16,18). The van der Waals surface area contributed by atoms with Crippen LogP contribution in [0.3, 0.4) is 0 Å². The second-order valence-electron chi connectivity index (χ2n) is 4.09. The molecule has 0 aliphatic rings. The molecule has 21 heavy (non-hydrogen) atoms. The lowest BCUT2D eigenvalue weighted by Crippen LogP contribution is -2.23. The molecule has 0 atom stereocenters. The minimum Gasteiger partial charge on any atom is -0.444 e. The van der Waals surface area contributed by atoms with Crippen LogP contribution < -0.4 is 5.32 Å². The number of nitrogens with zero attached hydrogens (tertiary/aromatic N) is 2. The summed E-state index contributed by atoms with van der Waals surface area (Å²) in [4.78, 5) is 26.1. The number of aromatic nitrogens is 1. The van der Waals surface area contributed by atoms with Crippen LogP contribution in [-0.4, -0.2) is 15.8 Å². The summed E-state index contributed by atoms with van der Waals surface area (Å²) < 4.78 is 5.19. The molecule has 0 fully saturated rings. The van der Waals surface area contributed by atoms with Gasteiger partial charge in [0.1, 0.15) is 5.76 Å². The molecule has 0 spiro atoms. The normalized spacial score (nSPS) is 10.4. The first-order chi connectivity index (χ1) is 9.88. The van der Waals surface area contributed by atoms with E-state index < -0.39 is 10.8 Å². The van der Waals surface area contributed by atoms with Crippen molar-refractivity contribution in [2.75, 3.05) is 0 Å². The largest absolute Gasteiger partial charge is 0.444 e. The fourth-order valence-corrected chi connectivity index (χ4v) is 1.99. The smallest absolute Gasteiger partial charge is 0.271 e. The fourth-order valence-electron chi connectivity index (χ4n) is 1.58. The zero-order valence-corrected chi connectivity index (χ0v) is 12.2. The SMILES string of the molecule is Cc1cnc(CNC(=O)c2cc([N+](=O)[O-])cc(Cl)c2Cl)o1. The quantitative estimate of drug-likeness (QED) is 0.686. The van der Waals surface area contributed by atoms with E-state index in [9.17, 15) is 14.9 Å². The molecular weight excluding hydrogens is 321 g/mol. The van der Waals surface area contributed by atoms with E-state index >= 15 is 0 Å². The summed E-state index contributed by atoms with van der Waals surface area (Å²) in [6, 6.07) is 2.14. The third-order valence-corrected chi connectivity index (χ3v) is 3.34. The number of hydrogen-bond acceptors (Lipinski definition) is 5. The number of carbonyl (C=O) groups is 1. The van der Waals surface area contributed by atoms with Crippen LogP contribution >= 0.6 is 23.2 Å². The van der Waals surface area contributed by atoms with E-state index in [1.54, 1.807) is 6.92 Å². The van der Waals surface area contributed by atoms with Crippen molar-refractivity contribution in [2.24, 2.45) is 0 Å². The average molecular weight is 330 g/mol. The number of benzene rings is 1. The van der Waals surface area contributed by atoms with Gasteiger partial charge < -0.3 is 9.73 Å². The lowest BCUT2D eigenvalue weighted by Gasteiger charge is -2.06. The Hall–Kier alpha value is -2.12. The number of nitro groups is 1. The zero-order valence-electron chi connectivity index (χ0n) is 10.7. The summed E-state index contributed by atoms with van der Waals surface area (Å²) in [5.41, 5.74) is -0.402. The van der Waals surface area contributed by atoms with E-state index in [4.69, 9.17) is 27.6 Å². The third-order valence-electron chi connectivity index (χ3n) is 2.54. The Morgan fingerprint density at radius 1 is 1.48 bits per heavy atom. The Bertz CT molecular complexity index is 715. The molecular formula is C12H9Cl2N3O4. The van der Waals surface area contributed by atoms with Crippen LogP contribution in [0.5, 0.6) is 0 Å². The number of nitrogens with one attached hydrogen (secondary N) is 1. The zero-order chi connectivity index (χ0) is 15.6. The van der Waals surface area contributed by atoms with Crippen LogP contribution in [0.2, 0.25) is 10.0 Å². The van der Waals surface area contributed by atoms with Gasteiger partial charge in [-0.1, -0.05) is 23.2 Å². The number of amides is 1. The van der Waals surface area contributed by atoms with Gasteiger partial charge in [0.25, 0.3) is 11.6 Å². The van der Waals surface area contributed by atoms with Crippen LogP contribution in [0.4, 0.5) is 5.69 Å². The molecule has 0 bridgehead atoms. The highest BCUT2D eigenvalue weighted by Gasteiger charge is 2.19. The molecule has 1 heterocycles. The lowest BCUT2D eigenvalue weighted by atomic mass is 10.2. The molecule has 0 saturated heterocycles. The van der Waals surface area contributed by atoms with Gasteiger partial charge in [0.15, 0.2) is 0 Å². The highest BCUT2D eigenvalue weighted by Crippen LogP contribution is 2.30. The van der Waals surface area contributed by atoms with Crippen LogP contribution in [0.25, 0.3) is 0 Å². The van der Waals surface area contributed by atoms with Crippen LogP contribution in [0, 0.1) is 17.0 Å². The Kier molecular flexibility index (Phi) is 4.44. The number of rotatable bonds is 4. The summed E-state index contributed by atoms with van der Waals surface area (Å²) in [6.07, 6.45) is 1.51. The number of nitro benzene ring substituents is 1. The van der Waals surface area contributed by atoms with E-state index in [2.05, 4.69) is 10.3 Å². The van der Waals surface area contributed by atoms with Crippen molar-refractivity contribution in [3.8, 4) is 0 Å². The molecule has 1 aromatic carbocycles. The van der Waals surface area contributed by atoms with Gasteiger partial charge >= 0.3 is 0 Å². The first-order valence-corrected chi connectivity index (χ1v) is 6.47. The molecule has 7 nitrogen and oxygen atoms in total. The molecule has 0 aliphatic carbocycles. The molecule has 1 amide bonds. The van der Waals surface area contributed by atoms with Gasteiger partial charge in [-0.3, -0.25) is 14.9 Å². The van der Waals surface area contributed by atoms with Gasteiger partial charge in [-0.25, -0.2) is 4.98 Å². The van der Waals surface area contributed by atoms with Crippen molar-refractivity contribution in [1.29, 1.82) is 0 Å². The van der Waals surface area contributed by atoms with E-state index in [0.29, 0.717) is 11.7 Å². The topological polar surface area (TPSA) is 98.3 Å². The van der Waals surface area contributed by atoms with E-state index in [-0.39, 0.29) is 27.8 Å². The highest BCUT2D eigenvalue weighted by atomic mass is 35.5. The van der Waals surface area contributed by atoms with Crippen molar-refractivity contribution in [2.45, 2.75) is 13.5 Å². The summed E-state index contributed by atoms with van der Waals surface area (Å²) in [7, 11) is 0. The number of oxazole rings is 1. The van der Waals surface area contributed by atoms with Gasteiger partial charge in [-0.15, -0.1) is 0 Å². The summed E-state index contributed by atoms with van der Waals surface area (Å²) >= 11 is 11.7. The molecule has 0 unspecified atom stereocenters. The predicted octanol–water partition coefficient (Wildman–Crippen LogP) is 3.13.